The average molecular weight is 372 g/mol. The average Bonchev–Trinajstić information content (AvgIpc) is 3.28. The molecule has 0 atom stereocenters. The van der Waals surface area contributed by atoms with Crippen LogP contribution in [0.15, 0.2) is 23.0 Å². The molecule has 1 amide bonds. The van der Waals surface area contributed by atoms with E-state index in [0.29, 0.717) is 6.54 Å². The Morgan fingerprint density at radius 3 is 2.69 bits per heavy atom. The number of aryl methyl sites for hydroxylation is 3. The Hall–Kier alpha value is -1.99. The molecule has 0 saturated carbocycles. The molecule has 1 aliphatic carbocycles. The molecular weight excluding hydrogens is 348 g/mol. The summed E-state index contributed by atoms with van der Waals surface area (Å²) in [6.45, 7) is 6.60. The van der Waals surface area contributed by atoms with Crippen LogP contribution in [0.25, 0.3) is 0 Å². The SMILES string of the molecule is Cc1ccc(C(=O)N2CCN(CCn3nc4c(cc3=O)CCC4)CC2)s1. The highest BCUT2D eigenvalue weighted by molar-refractivity contribution is 7.13. The standard InChI is InChI=1S/C19H24N4O2S/c1-14-5-6-17(26-14)19(25)22-10-7-21(8-11-22)9-12-23-18(24)13-15-3-2-4-16(15)20-23/h5-6,13H,2-4,7-12H2,1H3. The van der Waals surface area contributed by atoms with Gasteiger partial charge in [-0.3, -0.25) is 14.5 Å². The first-order valence-corrected chi connectivity index (χ1v) is 10.1. The summed E-state index contributed by atoms with van der Waals surface area (Å²) >= 11 is 1.56. The van der Waals surface area contributed by atoms with E-state index in [9.17, 15) is 9.59 Å². The summed E-state index contributed by atoms with van der Waals surface area (Å²) in [7, 11) is 0. The minimum atomic E-state index is 0.00697. The fourth-order valence-electron chi connectivity index (χ4n) is 3.72. The number of carbonyl (C=O) groups is 1. The van der Waals surface area contributed by atoms with Gasteiger partial charge in [-0.15, -0.1) is 11.3 Å². The second-order valence-electron chi connectivity index (χ2n) is 7.08. The third kappa shape index (κ3) is 3.59. The van der Waals surface area contributed by atoms with Gasteiger partial charge >= 0.3 is 0 Å². The molecule has 0 N–H and O–H groups in total. The van der Waals surface area contributed by atoms with Gasteiger partial charge in [0.2, 0.25) is 0 Å². The monoisotopic (exact) mass is 372 g/mol. The molecule has 1 saturated heterocycles. The molecular formula is C19H24N4O2S. The van der Waals surface area contributed by atoms with Gasteiger partial charge in [0.15, 0.2) is 0 Å². The Balaban J connectivity index is 1.30. The van der Waals surface area contributed by atoms with E-state index in [1.54, 1.807) is 22.1 Å². The topological polar surface area (TPSA) is 58.4 Å². The van der Waals surface area contributed by atoms with Gasteiger partial charge in [0.1, 0.15) is 0 Å². The van der Waals surface area contributed by atoms with Crippen molar-refractivity contribution in [2.75, 3.05) is 32.7 Å². The molecule has 0 bridgehead atoms. The number of fused-ring (bicyclic) bond motifs is 1. The lowest BCUT2D eigenvalue weighted by atomic mass is 10.2. The zero-order valence-corrected chi connectivity index (χ0v) is 15.9. The maximum Gasteiger partial charge on any atom is 0.267 e. The van der Waals surface area contributed by atoms with Crippen LogP contribution in [-0.4, -0.2) is 58.2 Å². The summed E-state index contributed by atoms with van der Waals surface area (Å²) in [5.41, 5.74) is 2.22. The van der Waals surface area contributed by atoms with E-state index in [1.807, 2.05) is 24.0 Å². The van der Waals surface area contributed by atoms with Gasteiger partial charge in [0.05, 0.1) is 17.1 Å². The van der Waals surface area contributed by atoms with Gasteiger partial charge in [-0.1, -0.05) is 0 Å². The minimum Gasteiger partial charge on any atom is -0.335 e. The van der Waals surface area contributed by atoms with E-state index in [1.165, 1.54) is 4.88 Å². The maximum absolute atomic E-state index is 12.5. The fourth-order valence-corrected chi connectivity index (χ4v) is 4.55. The van der Waals surface area contributed by atoms with Crippen molar-refractivity contribution in [3.63, 3.8) is 0 Å². The first-order valence-electron chi connectivity index (χ1n) is 9.28. The van der Waals surface area contributed by atoms with Crippen LogP contribution in [0.3, 0.4) is 0 Å². The first kappa shape index (κ1) is 17.4. The summed E-state index contributed by atoms with van der Waals surface area (Å²) < 4.78 is 1.61. The molecule has 2 aromatic rings. The quantitative estimate of drug-likeness (QED) is 0.817. The van der Waals surface area contributed by atoms with E-state index in [0.717, 1.165) is 68.1 Å². The number of rotatable bonds is 4. The molecule has 26 heavy (non-hydrogen) atoms. The largest absolute Gasteiger partial charge is 0.335 e. The van der Waals surface area contributed by atoms with E-state index >= 15 is 0 Å². The number of hydrogen-bond acceptors (Lipinski definition) is 5. The Bertz CT molecular complexity index is 865. The molecule has 138 valence electrons. The highest BCUT2D eigenvalue weighted by Crippen LogP contribution is 2.18. The van der Waals surface area contributed by atoms with Crippen LogP contribution in [0.2, 0.25) is 0 Å². The van der Waals surface area contributed by atoms with E-state index in [2.05, 4.69) is 10.00 Å². The Morgan fingerprint density at radius 1 is 1.15 bits per heavy atom. The van der Waals surface area contributed by atoms with Crippen molar-refractivity contribution >= 4 is 17.2 Å². The number of aromatic nitrogens is 2. The van der Waals surface area contributed by atoms with Crippen molar-refractivity contribution in [3.05, 3.63) is 49.6 Å². The number of piperazine rings is 1. The molecule has 4 rings (SSSR count). The van der Waals surface area contributed by atoms with Crippen molar-refractivity contribution in [3.8, 4) is 0 Å². The molecule has 0 spiro atoms. The van der Waals surface area contributed by atoms with Crippen LogP contribution in [0, 0.1) is 6.92 Å². The fraction of sp³-hybridized carbons (Fsp3) is 0.526. The number of thiophene rings is 1. The van der Waals surface area contributed by atoms with Gasteiger partial charge in [-0.2, -0.15) is 5.10 Å². The van der Waals surface area contributed by atoms with Crippen LogP contribution in [0.4, 0.5) is 0 Å². The molecule has 1 fully saturated rings. The van der Waals surface area contributed by atoms with Crippen molar-refractivity contribution in [2.45, 2.75) is 32.7 Å². The van der Waals surface area contributed by atoms with Crippen molar-refractivity contribution < 1.29 is 4.79 Å². The van der Waals surface area contributed by atoms with E-state index in [4.69, 9.17) is 0 Å². The normalized spacial score (nSPS) is 17.5. The van der Waals surface area contributed by atoms with Crippen LogP contribution >= 0.6 is 11.3 Å². The highest BCUT2D eigenvalue weighted by atomic mass is 32.1. The van der Waals surface area contributed by atoms with Gasteiger partial charge < -0.3 is 4.90 Å². The summed E-state index contributed by atoms with van der Waals surface area (Å²) in [6.07, 6.45) is 3.07. The van der Waals surface area contributed by atoms with Gasteiger partial charge in [0.25, 0.3) is 11.5 Å². The third-order valence-electron chi connectivity index (χ3n) is 5.26. The van der Waals surface area contributed by atoms with Crippen LogP contribution in [-0.2, 0) is 19.4 Å². The van der Waals surface area contributed by atoms with Crippen molar-refractivity contribution in [2.24, 2.45) is 0 Å². The molecule has 1 aliphatic heterocycles. The zero-order chi connectivity index (χ0) is 18.1. The third-order valence-corrected chi connectivity index (χ3v) is 6.25. The second kappa shape index (κ2) is 7.32. The molecule has 3 heterocycles. The lowest BCUT2D eigenvalue weighted by Crippen LogP contribution is -2.49. The molecule has 6 nitrogen and oxygen atoms in total. The van der Waals surface area contributed by atoms with Gasteiger partial charge in [-0.05, 0) is 43.9 Å². The maximum atomic E-state index is 12.5. The Labute approximate surface area is 157 Å². The van der Waals surface area contributed by atoms with Crippen molar-refractivity contribution in [1.29, 1.82) is 0 Å². The van der Waals surface area contributed by atoms with Gasteiger partial charge in [-0.25, -0.2) is 4.68 Å². The Kier molecular flexibility index (Phi) is 4.91. The molecule has 2 aromatic heterocycles. The van der Waals surface area contributed by atoms with Crippen LogP contribution < -0.4 is 5.56 Å². The lowest BCUT2D eigenvalue weighted by molar-refractivity contribution is 0.0636. The smallest absolute Gasteiger partial charge is 0.267 e. The first-order chi connectivity index (χ1) is 12.6. The lowest BCUT2D eigenvalue weighted by Gasteiger charge is -2.34. The number of carbonyl (C=O) groups excluding carboxylic acids is 1. The summed E-state index contributed by atoms with van der Waals surface area (Å²) in [4.78, 5) is 30.9. The molecule has 7 heteroatoms. The van der Waals surface area contributed by atoms with Crippen molar-refractivity contribution in [1.82, 2.24) is 19.6 Å². The highest BCUT2D eigenvalue weighted by Gasteiger charge is 2.23. The second-order valence-corrected chi connectivity index (χ2v) is 8.36. The molecule has 0 unspecified atom stereocenters. The van der Waals surface area contributed by atoms with E-state index < -0.39 is 0 Å². The number of amides is 1. The van der Waals surface area contributed by atoms with Crippen LogP contribution in [0.1, 0.15) is 32.2 Å². The minimum absolute atomic E-state index is 0.00697. The summed E-state index contributed by atoms with van der Waals surface area (Å²) in [5.74, 6) is 0.138. The predicted molar refractivity (Wildman–Crippen MR) is 102 cm³/mol. The molecule has 0 radical (unpaired) electrons. The number of hydrogen-bond donors (Lipinski definition) is 0. The predicted octanol–water partition coefficient (Wildman–Crippen LogP) is 1.56. The molecule has 0 aromatic carbocycles. The summed E-state index contributed by atoms with van der Waals surface area (Å²) in [6, 6.07) is 5.67. The van der Waals surface area contributed by atoms with Crippen LogP contribution in [0.5, 0.6) is 0 Å². The number of nitrogens with zero attached hydrogens (tertiary/aromatic N) is 4. The Morgan fingerprint density at radius 2 is 1.96 bits per heavy atom. The molecule has 2 aliphatic rings. The van der Waals surface area contributed by atoms with E-state index in [-0.39, 0.29) is 11.5 Å². The zero-order valence-electron chi connectivity index (χ0n) is 15.1. The summed E-state index contributed by atoms with van der Waals surface area (Å²) in [5, 5.41) is 4.54. The van der Waals surface area contributed by atoms with Gasteiger partial charge in [0, 0.05) is 43.7 Å².